The van der Waals surface area contributed by atoms with Gasteiger partial charge in [0.15, 0.2) is 0 Å². The largest absolute Gasteiger partial charge is 0.0648 e. The zero-order chi connectivity index (χ0) is 28.7. The molecule has 0 fully saturated rings. The van der Waals surface area contributed by atoms with Gasteiger partial charge in [-0.3, -0.25) is 0 Å². The van der Waals surface area contributed by atoms with Crippen LogP contribution in [0.15, 0.2) is 72.8 Å². The van der Waals surface area contributed by atoms with E-state index in [0.717, 1.165) is 6.42 Å². The molecule has 0 aromatic heterocycles. The summed E-state index contributed by atoms with van der Waals surface area (Å²) in [6.45, 7) is 25.4. The SMILES string of the molecule is CCC(C)c1c(C)cccc1-c1cc(-c2cc(C(C)(C)C)cc(C(C)(C)C)c2)cc(-c2ccccc2C)c1C. The molecule has 0 nitrogen and oxygen atoms in total. The molecular weight excluding hydrogens is 468 g/mol. The lowest BCUT2D eigenvalue weighted by Crippen LogP contribution is -2.16. The van der Waals surface area contributed by atoms with E-state index in [4.69, 9.17) is 0 Å². The van der Waals surface area contributed by atoms with Crippen molar-refractivity contribution in [3.63, 3.8) is 0 Å². The van der Waals surface area contributed by atoms with E-state index in [2.05, 4.69) is 149 Å². The predicted molar refractivity (Wildman–Crippen MR) is 173 cm³/mol. The number of hydrogen-bond donors (Lipinski definition) is 0. The zero-order valence-electron chi connectivity index (χ0n) is 26.2. The number of benzene rings is 4. The van der Waals surface area contributed by atoms with E-state index in [0.29, 0.717) is 5.92 Å². The first-order valence-corrected chi connectivity index (χ1v) is 14.7. The summed E-state index contributed by atoms with van der Waals surface area (Å²) in [5, 5.41) is 0. The second-order valence-corrected chi connectivity index (χ2v) is 13.7. The lowest BCUT2D eigenvalue weighted by molar-refractivity contribution is 0.569. The number of hydrogen-bond acceptors (Lipinski definition) is 0. The van der Waals surface area contributed by atoms with Gasteiger partial charge in [0.05, 0.1) is 0 Å². The summed E-state index contributed by atoms with van der Waals surface area (Å²) < 4.78 is 0. The van der Waals surface area contributed by atoms with Crippen molar-refractivity contribution in [3.8, 4) is 33.4 Å². The molecule has 0 aliphatic heterocycles. The van der Waals surface area contributed by atoms with E-state index in [-0.39, 0.29) is 10.8 Å². The Morgan fingerprint density at radius 3 is 1.59 bits per heavy atom. The van der Waals surface area contributed by atoms with Gasteiger partial charge >= 0.3 is 0 Å². The molecule has 0 aliphatic carbocycles. The van der Waals surface area contributed by atoms with Crippen LogP contribution < -0.4 is 0 Å². The fourth-order valence-corrected chi connectivity index (χ4v) is 5.75. The molecule has 0 saturated heterocycles. The van der Waals surface area contributed by atoms with Crippen LogP contribution in [0.4, 0.5) is 0 Å². The van der Waals surface area contributed by atoms with Gasteiger partial charge in [0, 0.05) is 0 Å². The summed E-state index contributed by atoms with van der Waals surface area (Å²) >= 11 is 0. The van der Waals surface area contributed by atoms with E-state index >= 15 is 0 Å². The Bertz CT molecular complexity index is 1450. The first kappa shape index (κ1) is 28.9. The van der Waals surface area contributed by atoms with Crippen LogP contribution in [-0.4, -0.2) is 0 Å². The van der Waals surface area contributed by atoms with Crippen molar-refractivity contribution < 1.29 is 0 Å². The van der Waals surface area contributed by atoms with Gasteiger partial charge in [-0.1, -0.05) is 116 Å². The maximum absolute atomic E-state index is 2.46. The molecule has 0 radical (unpaired) electrons. The molecule has 0 spiro atoms. The average molecular weight is 517 g/mol. The topological polar surface area (TPSA) is 0 Å². The van der Waals surface area contributed by atoms with Gasteiger partial charge in [-0.2, -0.15) is 0 Å². The van der Waals surface area contributed by atoms with Crippen molar-refractivity contribution in [2.24, 2.45) is 0 Å². The van der Waals surface area contributed by atoms with E-state index < -0.39 is 0 Å². The van der Waals surface area contributed by atoms with E-state index in [1.165, 1.54) is 66.8 Å². The smallest absolute Gasteiger partial charge is 0.0132 e. The molecule has 4 aromatic carbocycles. The van der Waals surface area contributed by atoms with Crippen LogP contribution in [0.5, 0.6) is 0 Å². The minimum Gasteiger partial charge on any atom is -0.0648 e. The molecular formula is C39H48. The molecule has 1 atom stereocenters. The first-order chi connectivity index (χ1) is 18.2. The molecule has 0 N–H and O–H groups in total. The standard InChI is InChI=1S/C39H48/c1-12-25(2)37-27(4)17-15-19-34(37)36-23-30(22-35(28(36)5)33-18-14-13-16-26(33)3)29-20-31(38(6,7)8)24-32(21-29)39(9,10)11/h13-25H,12H2,1-11H3. The fourth-order valence-electron chi connectivity index (χ4n) is 5.75. The van der Waals surface area contributed by atoms with Gasteiger partial charge in [0.2, 0.25) is 0 Å². The Hall–Kier alpha value is -3.12. The van der Waals surface area contributed by atoms with E-state index in [1.807, 2.05) is 0 Å². The highest BCUT2D eigenvalue weighted by atomic mass is 14.3. The third-order valence-corrected chi connectivity index (χ3v) is 8.56. The van der Waals surface area contributed by atoms with Gasteiger partial charge < -0.3 is 0 Å². The first-order valence-electron chi connectivity index (χ1n) is 14.7. The molecule has 1 unspecified atom stereocenters. The van der Waals surface area contributed by atoms with Crippen LogP contribution in [0, 0.1) is 20.8 Å². The Balaban J connectivity index is 2.11. The van der Waals surface area contributed by atoms with Gasteiger partial charge in [0.1, 0.15) is 0 Å². The normalized spacial score (nSPS) is 13.0. The minimum atomic E-state index is 0.0721. The Labute approximate surface area is 238 Å². The highest BCUT2D eigenvalue weighted by Crippen LogP contribution is 2.43. The van der Waals surface area contributed by atoms with Crippen molar-refractivity contribution in [3.05, 3.63) is 106 Å². The maximum Gasteiger partial charge on any atom is -0.0132 e. The summed E-state index contributed by atoms with van der Waals surface area (Å²) in [6.07, 6.45) is 1.13. The lowest BCUT2D eigenvalue weighted by atomic mass is 9.78. The Kier molecular flexibility index (Phi) is 8.00. The van der Waals surface area contributed by atoms with Crippen LogP contribution in [0.3, 0.4) is 0 Å². The molecule has 0 heteroatoms. The molecule has 39 heavy (non-hydrogen) atoms. The van der Waals surface area contributed by atoms with Gasteiger partial charge in [0.25, 0.3) is 0 Å². The molecule has 0 saturated carbocycles. The monoisotopic (exact) mass is 516 g/mol. The maximum atomic E-state index is 2.46. The van der Waals surface area contributed by atoms with Gasteiger partial charge in [-0.05, 0) is 123 Å². The van der Waals surface area contributed by atoms with Crippen molar-refractivity contribution >= 4 is 0 Å². The molecule has 0 bridgehead atoms. The Morgan fingerprint density at radius 2 is 1.05 bits per heavy atom. The van der Waals surface area contributed by atoms with Crippen molar-refractivity contribution in [2.45, 2.75) is 99.3 Å². The highest BCUT2D eigenvalue weighted by molar-refractivity contribution is 5.87. The van der Waals surface area contributed by atoms with Crippen molar-refractivity contribution in [2.75, 3.05) is 0 Å². The van der Waals surface area contributed by atoms with Crippen LogP contribution in [0.25, 0.3) is 33.4 Å². The zero-order valence-corrected chi connectivity index (χ0v) is 26.2. The van der Waals surface area contributed by atoms with Crippen LogP contribution >= 0.6 is 0 Å². The van der Waals surface area contributed by atoms with E-state index in [1.54, 1.807) is 0 Å². The van der Waals surface area contributed by atoms with Crippen LogP contribution in [0.2, 0.25) is 0 Å². The minimum absolute atomic E-state index is 0.0721. The quantitative estimate of drug-likeness (QED) is 0.247. The molecule has 0 aliphatic rings. The molecule has 0 heterocycles. The summed E-state index contributed by atoms with van der Waals surface area (Å²) in [4.78, 5) is 0. The molecule has 0 amide bonds. The lowest BCUT2D eigenvalue weighted by Gasteiger charge is -2.27. The number of aryl methyl sites for hydroxylation is 2. The van der Waals surface area contributed by atoms with Crippen molar-refractivity contribution in [1.29, 1.82) is 0 Å². The van der Waals surface area contributed by atoms with Crippen molar-refractivity contribution in [1.82, 2.24) is 0 Å². The fraction of sp³-hybridized carbons (Fsp3) is 0.385. The summed E-state index contributed by atoms with van der Waals surface area (Å²) in [5.41, 5.74) is 16.4. The highest BCUT2D eigenvalue weighted by Gasteiger charge is 2.23. The van der Waals surface area contributed by atoms with Crippen LogP contribution in [0.1, 0.15) is 101 Å². The third kappa shape index (κ3) is 5.91. The molecule has 204 valence electrons. The number of rotatable bonds is 5. The molecule has 4 rings (SSSR count). The summed E-state index contributed by atoms with van der Waals surface area (Å²) in [5.74, 6) is 0.503. The average Bonchev–Trinajstić information content (AvgIpc) is 2.87. The van der Waals surface area contributed by atoms with Gasteiger partial charge in [-0.25, -0.2) is 0 Å². The summed E-state index contributed by atoms with van der Waals surface area (Å²) in [7, 11) is 0. The van der Waals surface area contributed by atoms with E-state index in [9.17, 15) is 0 Å². The Morgan fingerprint density at radius 1 is 0.564 bits per heavy atom. The third-order valence-electron chi connectivity index (χ3n) is 8.56. The second kappa shape index (κ2) is 10.8. The molecule has 4 aromatic rings. The van der Waals surface area contributed by atoms with Gasteiger partial charge in [-0.15, -0.1) is 0 Å². The van der Waals surface area contributed by atoms with Crippen LogP contribution in [-0.2, 0) is 10.8 Å². The second-order valence-electron chi connectivity index (χ2n) is 13.7. The summed E-state index contributed by atoms with van der Waals surface area (Å²) in [6, 6.07) is 27.8. The predicted octanol–water partition coefficient (Wildman–Crippen LogP) is 11.7.